The van der Waals surface area contributed by atoms with E-state index >= 15 is 0 Å². The molecule has 4 N–H and O–H groups in total. The van der Waals surface area contributed by atoms with Crippen LogP contribution >= 0.6 is 0 Å². The van der Waals surface area contributed by atoms with E-state index in [4.69, 9.17) is 14.2 Å². The van der Waals surface area contributed by atoms with Crippen molar-refractivity contribution in [3.8, 4) is 11.5 Å². The van der Waals surface area contributed by atoms with Crippen molar-refractivity contribution in [1.29, 1.82) is 0 Å². The maximum Gasteiger partial charge on any atom is 0.183 e. The molecule has 0 radical (unpaired) electrons. The van der Waals surface area contributed by atoms with E-state index in [1.165, 1.54) is 29.4 Å². The van der Waals surface area contributed by atoms with Crippen molar-refractivity contribution in [1.82, 2.24) is 0 Å². The lowest BCUT2D eigenvalue weighted by molar-refractivity contribution is -0.259. The van der Waals surface area contributed by atoms with Crippen LogP contribution in [-0.2, 0) is 15.9 Å². The fourth-order valence-corrected chi connectivity index (χ4v) is 5.32. The van der Waals surface area contributed by atoms with Crippen LogP contribution in [0, 0.1) is 31.6 Å². The Bertz CT molecular complexity index is 1010. The number of rotatable bonds is 6. The molecule has 2 aliphatic rings. The third-order valence-electron chi connectivity index (χ3n) is 7.71. The molecule has 0 amide bonds. The molecule has 186 valence electrons. The van der Waals surface area contributed by atoms with Gasteiger partial charge in [0.1, 0.15) is 6.10 Å². The third-order valence-corrected chi connectivity index (χ3v) is 7.71. The molecule has 2 aromatic rings. The van der Waals surface area contributed by atoms with Crippen LogP contribution in [0.2, 0.25) is 0 Å². The van der Waals surface area contributed by atoms with Gasteiger partial charge in [-0.15, -0.1) is 0 Å². The summed E-state index contributed by atoms with van der Waals surface area (Å²) in [4.78, 5) is 0. The summed E-state index contributed by atoms with van der Waals surface area (Å²) in [5, 5.41) is 41.1. The van der Waals surface area contributed by atoms with Gasteiger partial charge in [0.05, 0.1) is 26.4 Å². The summed E-state index contributed by atoms with van der Waals surface area (Å²) in [7, 11) is 1.52. The lowest BCUT2D eigenvalue weighted by Gasteiger charge is -2.42. The van der Waals surface area contributed by atoms with E-state index < -0.39 is 18.5 Å². The first kappa shape index (κ1) is 24.9. The van der Waals surface area contributed by atoms with Crippen molar-refractivity contribution in [2.75, 3.05) is 26.9 Å². The number of aliphatic hydroxyl groups is 3. The maximum atomic E-state index is 10.6. The number of aryl methyl sites for hydroxylation is 2. The second-order valence-corrected chi connectivity index (χ2v) is 9.81. The predicted octanol–water partition coefficient (Wildman–Crippen LogP) is 2.66. The number of methoxy groups -OCH3 is 1. The zero-order chi connectivity index (χ0) is 24.6. The number of benzene rings is 2. The molecule has 1 heterocycles. The molecule has 1 fully saturated rings. The second-order valence-electron chi connectivity index (χ2n) is 9.81. The zero-order valence-electron chi connectivity index (χ0n) is 20.3. The van der Waals surface area contributed by atoms with E-state index in [0.717, 1.165) is 12.0 Å². The van der Waals surface area contributed by atoms with Gasteiger partial charge in [-0.25, -0.2) is 0 Å². The Labute approximate surface area is 200 Å². The van der Waals surface area contributed by atoms with Gasteiger partial charge in [0.2, 0.25) is 0 Å². The normalized spacial score (nSPS) is 31.2. The summed E-state index contributed by atoms with van der Waals surface area (Å²) < 4.78 is 17.1. The highest BCUT2D eigenvalue weighted by Gasteiger charge is 2.41. The Morgan fingerprint density at radius 2 is 1.82 bits per heavy atom. The fourth-order valence-electron chi connectivity index (χ4n) is 5.32. The minimum Gasteiger partial charge on any atom is -0.504 e. The largest absolute Gasteiger partial charge is 0.504 e. The average molecular weight is 473 g/mol. The van der Waals surface area contributed by atoms with Crippen LogP contribution in [0.25, 0.3) is 0 Å². The molecule has 0 bridgehead atoms. The van der Waals surface area contributed by atoms with Crippen molar-refractivity contribution in [3.05, 3.63) is 58.1 Å². The molecule has 34 heavy (non-hydrogen) atoms. The van der Waals surface area contributed by atoms with Crippen LogP contribution < -0.4 is 4.74 Å². The Hall–Kier alpha value is -2.16. The van der Waals surface area contributed by atoms with Crippen molar-refractivity contribution in [2.45, 2.75) is 51.6 Å². The van der Waals surface area contributed by atoms with Crippen molar-refractivity contribution < 1.29 is 34.6 Å². The van der Waals surface area contributed by atoms with Gasteiger partial charge in [0.25, 0.3) is 0 Å². The highest BCUT2D eigenvalue weighted by molar-refractivity contribution is 5.50. The van der Waals surface area contributed by atoms with Crippen LogP contribution in [0.4, 0.5) is 0 Å². The zero-order valence-corrected chi connectivity index (χ0v) is 20.3. The van der Waals surface area contributed by atoms with Gasteiger partial charge in [-0.2, -0.15) is 0 Å². The van der Waals surface area contributed by atoms with E-state index in [0.29, 0.717) is 5.75 Å². The summed E-state index contributed by atoms with van der Waals surface area (Å²) in [6, 6.07) is 9.77. The summed E-state index contributed by atoms with van der Waals surface area (Å²) >= 11 is 0. The van der Waals surface area contributed by atoms with E-state index in [9.17, 15) is 20.4 Å². The highest BCUT2D eigenvalue weighted by atomic mass is 16.7. The number of aliphatic hydroxyl groups excluding tert-OH is 3. The SMILES string of the molecule is COc1cc([C@@H]2c3cc(C)c(C)cc3C[C@H](CO)[C@H]2CO[C@@H]2OC[C@@H](O)[C@H](C)[C@H]2O)ccc1O. The Morgan fingerprint density at radius 1 is 1.09 bits per heavy atom. The molecule has 7 nitrogen and oxygen atoms in total. The molecule has 0 spiro atoms. The lowest BCUT2D eigenvalue weighted by Crippen LogP contribution is -2.50. The third kappa shape index (κ3) is 4.68. The standard InChI is InChI=1S/C27H36O7/c1-14-7-18-9-19(11-28)21(12-33-27-26(31)16(3)23(30)13-34-27)25(20(18)8-15(14)2)17-5-6-22(29)24(10-17)32-4/h5-8,10,16,19,21,23,25-31H,9,11-13H2,1-4H3/t16-,19+,21+,23+,25+,26+,27+/m0/s1. The molecule has 7 atom stereocenters. The Kier molecular flexibility index (Phi) is 7.50. The number of phenolic OH excluding ortho intramolecular Hbond substituents is 1. The molecular formula is C27H36O7. The first-order valence-corrected chi connectivity index (χ1v) is 11.9. The number of fused-ring (bicyclic) bond motifs is 1. The van der Waals surface area contributed by atoms with Gasteiger partial charge < -0.3 is 34.6 Å². The van der Waals surface area contributed by atoms with Crippen molar-refractivity contribution in [2.24, 2.45) is 17.8 Å². The predicted molar refractivity (Wildman–Crippen MR) is 127 cm³/mol. The molecule has 4 rings (SSSR count). The molecular weight excluding hydrogens is 436 g/mol. The summed E-state index contributed by atoms with van der Waals surface area (Å²) in [5.74, 6) is -0.182. The highest BCUT2D eigenvalue weighted by Crippen LogP contribution is 2.46. The van der Waals surface area contributed by atoms with Crippen LogP contribution in [-0.4, -0.2) is 65.9 Å². The van der Waals surface area contributed by atoms with Crippen LogP contribution in [0.3, 0.4) is 0 Å². The minimum absolute atomic E-state index is 0.00466. The smallest absolute Gasteiger partial charge is 0.183 e. The molecule has 0 saturated carbocycles. The maximum absolute atomic E-state index is 10.6. The van der Waals surface area contributed by atoms with E-state index in [-0.39, 0.29) is 49.2 Å². The molecule has 1 aliphatic carbocycles. The van der Waals surface area contributed by atoms with Gasteiger partial charge in [-0.1, -0.05) is 25.1 Å². The first-order chi connectivity index (χ1) is 16.2. The number of aromatic hydroxyl groups is 1. The summed E-state index contributed by atoms with van der Waals surface area (Å²) in [6.07, 6.45) is -1.79. The molecule has 2 aromatic carbocycles. The second kappa shape index (κ2) is 10.2. The average Bonchev–Trinajstić information content (AvgIpc) is 2.83. The summed E-state index contributed by atoms with van der Waals surface area (Å²) in [6.45, 7) is 6.32. The molecule has 0 aromatic heterocycles. The monoisotopic (exact) mass is 472 g/mol. The number of hydrogen-bond donors (Lipinski definition) is 4. The number of phenols is 1. The van der Waals surface area contributed by atoms with E-state index in [1.807, 2.05) is 12.1 Å². The van der Waals surface area contributed by atoms with E-state index in [1.54, 1.807) is 13.0 Å². The quantitative estimate of drug-likeness (QED) is 0.512. The van der Waals surface area contributed by atoms with Gasteiger partial charge in [-0.05, 0) is 72.1 Å². The molecule has 0 unspecified atom stereocenters. The summed E-state index contributed by atoms with van der Waals surface area (Å²) in [5.41, 5.74) is 5.72. The van der Waals surface area contributed by atoms with Gasteiger partial charge in [0, 0.05) is 18.4 Å². The first-order valence-electron chi connectivity index (χ1n) is 11.9. The van der Waals surface area contributed by atoms with Crippen LogP contribution in [0.1, 0.15) is 40.7 Å². The van der Waals surface area contributed by atoms with Crippen molar-refractivity contribution in [3.63, 3.8) is 0 Å². The topological polar surface area (TPSA) is 109 Å². The van der Waals surface area contributed by atoms with Gasteiger partial charge >= 0.3 is 0 Å². The fraction of sp³-hybridized carbons (Fsp3) is 0.556. The Morgan fingerprint density at radius 3 is 2.53 bits per heavy atom. The number of hydrogen-bond acceptors (Lipinski definition) is 7. The molecule has 7 heteroatoms. The minimum atomic E-state index is -0.940. The van der Waals surface area contributed by atoms with Crippen LogP contribution in [0.15, 0.2) is 30.3 Å². The van der Waals surface area contributed by atoms with Crippen LogP contribution in [0.5, 0.6) is 11.5 Å². The lowest BCUT2D eigenvalue weighted by atomic mass is 9.66. The van der Waals surface area contributed by atoms with Crippen molar-refractivity contribution >= 4 is 0 Å². The number of ether oxygens (including phenoxy) is 3. The molecule has 1 saturated heterocycles. The van der Waals surface area contributed by atoms with E-state index in [2.05, 4.69) is 26.0 Å². The Balaban J connectivity index is 1.72. The van der Waals surface area contributed by atoms with Gasteiger partial charge in [0.15, 0.2) is 17.8 Å². The van der Waals surface area contributed by atoms with Gasteiger partial charge in [-0.3, -0.25) is 0 Å². The molecule has 1 aliphatic heterocycles.